The van der Waals surface area contributed by atoms with E-state index in [9.17, 15) is 0 Å². The smallest absolute Gasteiger partial charge is 0.0931 e. The summed E-state index contributed by atoms with van der Waals surface area (Å²) < 4.78 is 0.919. The van der Waals surface area contributed by atoms with E-state index in [4.69, 9.17) is 11.6 Å². The molecule has 2 aliphatic rings. The molecule has 18 heavy (non-hydrogen) atoms. The van der Waals surface area contributed by atoms with Gasteiger partial charge in [-0.25, -0.2) is 0 Å². The Morgan fingerprint density at radius 2 is 2.00 bits per heavy atom. The van der Waals surface area contributed by atoms with Gasteiger partial charge in [0.15, 0.2) is 0 Å². The minimum absolute atomic E-state index is 0.848. The van der Waals surface area contributed by atoms with Crippen molar-refractivity contribution < 1.29 is 0 Å². The van der Waals surface area contributed by atoms with Gasteiger partial charge in [0.25, 0.3) is 0 Å². The van der Waals surface area contributed by atoms with Crippen LogP contribution < -0.4 is 5.32 Å². The van der Waals surface area contributed by atoms with Gasteiger partial charge < -0.3 is 5.32 Å². The Kier molecular flexibility index (Phi) is 4.24. The fourth-order valence-electron chi connectivity index (χ4n) is 2.82. The minimum atomic E-state index is 0.848. The Labute approximate surface area is 118 Å². The Balaban J connectivity index is 1.57. The Morgan fingerprint density at radius 1 is 1.22 bits per heavy atom. The van der Waals surface area contributed by atoms with Crippen LogP contribution in [0, 0.1) is 5.92 Å². The molecule has 0 radical (unpaired) electrons. The third kappa shape index (κ3) is 3.47. The van der Waals surface area contributed by atoms with Gasteiger partial charge in [-0.15, -0.1) is 11.3 Å². The normalized spacial score (nSPS) is 21.7. The summed E-state index contributed by atoms with van der Waals surface area (Å²) in [6, 6.07) is 5.06. The molecule has 0 bridgehead atoms. The summed E-state index contributed by atoms with van der Waals surface area (Å²) in [4.78, 5) is 4.11. The van der Waals surface area contributed by atoms with E-state index in [2.05, 4.69) is 16.3 Å². The van der Waals surface area contributed by atoms with Crippen LogP contribution in [0.3, 0.4) is 0 Å². The van der Waals surface area contributed by atoms with Crippen LogP contribution in [0.25, 0.3) is 0 Å². The quantitative estimate of drug-likeness (QED) is 0.892. The molecule has 1 aliphatic carbocycles. The molecule has 0 atom stereocenters. The van der Waals surface area contributed by atoms with Gasteiger partial charge in [-0.2, -0.15) is 0 Å². The monoisotopic (exact) mass is 284 g/mol. The second kappa shape index (κ2) is 5.91. The summed E-state index contributed by atoms with van der Waals surface area (Å²) in [7, 11) is 0. The fraction of sp³-hybridized carbons (Fsp3) is 0.714. The predicted octanol–water partition coefficient (Wildman–Crippen LogP) is 3.37. The van der Waals surface area contributed by atoms with Crippen molar-refractivity contribution >= 4 is 22.9 Å². The second-order valence-corrected chi connectivity index (χ2v) is 7.36. The Morgan fingerprint density at radius 3 is 2.61 bits per heavy atom. The van der Waals surface area contributed by atoms with Crippen molar-refractivity contribution in [3.8, 4) is 0 Å². The molecule has 0 amide bonds. The highest BCUT2D eigenvalue weighted by atomic mass is 35.5. The van der Waals surface area contributed by atoms with Crippen molar-refractivity contribution in [1.82, 2.24) is 10.2 Å². The van der Waals surface area contributed by atoms with E-state index in [0.29, 0.717) is 0 Å². The molecule has 1 aromatic rings. The van der Waals surface area contributed by atoms with Gasteiger partial charge in [0.1, 0.15) is 0 Å². The van der Waals surface area contributed by atoms with E-state index in [1.165, 1.54) is 50.2 Å². The highest BCUT2D eigenvalue weighted by Crippen LogP contribution is 2.32. The first kappa shape index (κ1) is 12.9. The highest BCUT2D eigenvalue weighted by Gasteiger charge is 2.31. The molecular weight excluding hydrogens is 264 g/mol. The van der Waals surface area contributed by atoms with Crippen LogP contribution >= 0.6 is 22.9 Å². The summed E-state index contributed by atoms with van der Waals surface area (Å²) in [6.45, 7) is 4.79. The molecule has 2 fully saturated rings. The third-order valence-electron chi connectivity index (χ3n) is 4.00. The molecule has 0 unspecified atom stereocenters. The van der Waals surface area contributed by atoms with Gasteiger partial charge in [0.2, 0.25) is 0 Å². The van der Waals surface area contributed by atoms with Crippen LogP contribution in [0.5, 0.6) is 0 Å². The Hall–Kier alpha value is -0.0900. The van der Waals surface area contributed by atoms with E-state index in [-0.39, 0.29) is 0 Å². The van der Waals surface area contributed by atoms with Crippen molar-refractivity contribution in [1.29, 1.82) is 0 Å². The molecule has 100 valence electrons. The highest BCUT2D eigenvalue weighted by molar-refractivity contribution is 7.16. The zero-order chi connectivity index (χ0) is 12.4. The van der Waals surface area contributed by atoms with Crippen molar-refractivity contribution in [3.05, 3.63) is 21.3 Å². The predicted molar refractivity (Wildman–Crippen MR) is 78.4 cm³/mol. The maximum atomic E-state index is 6.02. The minimum Gasteiger partial charge on any atom is -0.317 e. The molecule has 2 nitrogen and oxygen atoms in total. The molecule has 1 aromatic heterocycles. The molecule has 0 aromatic carbocycles. The average Bonchev–Trinajstić information content (AvgIpc) is 3.15. The van der Waals surface area contributed by atoms with E-state index >= 15 is 0 Å². The van der Waals surface area contributed by atoms with E-state index < -0.39 is 0 Å². The van der Waals surface area contributed by atoms with Gasteiger partial charge in [-0.1, -0.05) is 11.6 Å². The fourth-order valence-corrected chi connectivity index (χ4v) is 3.93. The van der Waals surface area contributed by atoms with Crippen molar-refractivity contribution in [2.75, 3.05) is 19.6 Å². The maximum Gasteiger partial charge on any atom is 0.0931 e. The number of nitrogens with one attached hydrogen (secondary N) is 1. The van der Waals surface area contributed by atoms with Crippen molar-refractivity contribution in [2.45, 2.75) is 38.3 Å². The Bertz CT molecular complexity index is 383. The van der Waals surface area contributed by atoms with Crippen LogP contribution in [-0.4, -0.2) is 30.6 Å². The number of hydrogen-bond donors (Lipinski definition) is 1. The van der Waals surface area contributed by atoms with Crippen LogP contribution in [0.2, 0.25) is 4.34 Å². The van der Waals surface area contributed by atoms with Crippen LogP contribution in [0.15, 0.2) is 12.1 Å². The summed E-state index contributed by atoms with van der Waals surface area (Å²) >= 11 is 7.76. The standard InChI is InChI=1S/C14H21ClN2S/c15-14-4-3-13(18-14)10-17(12-1-2-12)9-11-5-7-16-8-6-11/h3-4,11-12,16H,1-2,5-10H2. The molecule has 4 heteroatoms. The first-order valence-corrected chi connectivity index (χ1v) is 8.19. The molecule has 0 spiro atoms. The zero-order valence-corrected chi connectivity index (χ0v) is 12.3. The van der Waals surface area contributed by atoms with Gasteiger partial charge in [0.05, 0.1) is 4.34 Å². The van der Waals surface area contributed by atoms with E-state index in [1.807, 2.05) is 6.07 Å². The van der Waals surface area contributed by atoms with Gasteiger partial charge >= 0.3 is 0 Å². The van der Waals surface area contributed by atoms with Crippen LogP contribution in [0.1, 0.15) is 30.6 Å². The topological polar surface area (TPSA) is 15.3 Å². The number of hydrogen-bond acceptors (Lipinski definition) is 3. The van der Waals surface area contributed by atoms with E-state index in [0.717, 1.165) is 22.8 Å². The van der Waals surface area contributed by atoms with E-state index in [1.54, 1.807) is 11.3 Å². The first-order valence-electron chi connectivity index (χ1n) is 7.00. The van der Waals surface area contributed by atoms with Gasteiger partial charge in [-0.05, 0) is 56.8 Å². The molecule has 2 heterocycles. The summed E-state index contributed by atoms with van der Waals surface area (Å²) in [6.07, 6.45) is 5.47. The van der Waals surface area contributed by atoms with Gasteiger partial charge in [-0.3, -0.25) is 4.90 Å². The lowest BCUT2D eigenvalue weighted by Crippen LogP contribution is -2.36. The number of thiophene rings is 1. The molecular formula is C14H21ClN2S. The number of rotatable bonds is 5. The number of nitrogens with zero attached hydrogens (tertiary/aromatic N) is 1. The molecule has 1 N–H and O–H groups in total. The number of halogens is 1. The third-order valence-corrected chi connectivity index (χ3v) is 5.22. The summed E-state index contributed by atoms with van der Waals surface area (Å²) in [5, 5.41) is 3.45. The molecule has 3 rings (SSSR count). The number of piperidine rings is 1. The van der Waals surface area contributed by atoms with Crippen molar-refractivity contribution in [2.24, 2.45) is 5.92 Å². The van der Waals surface area contributed by atoms with Gasteiger partial charge in [0, 0.05) is 24.0 Å². The molecule has 1 saturated carbocycles. The lowest BCUT2D eigenvalue weighted by atomic mass is 9.97. The van der Waals surface area contributed by atoms with Crippen LogP contribution in [0.4, 0.5) is 0 Å². The largest absolute Gasteiger partial charge is 0.317 e. The summed E-state index contributed by atoms with van der Waals surface area (Å²) in [5.41, 5.74) is 0. The van der Waals surface area contributed by atoms with Crippen LogP contribution in [-0.2, 0) is 6.54 Å². The summed E-state index contributed by atoms with van der Waals surface area (Å²) in [5.74, 6) is 0.891. The molecule has 1 aliphatic heterocycles. The second-order valence-electron chi connectivity index (χ2n) is 5.56. The van der Waals surface area contributed by atoms with Crippen molar-refractivity contribution in [3.63, 3.8) is 0 Å². The SMILES string of the molecule is Clc1ccc(CN(CC2CCNCC2)C2CC2)s1. The average molecular weight is 285 g/mol. The first-order chi connectivity index (χ1) is 8.81. The zero-order valence-electron chi connectivity index (χ0n) is 10.7. The lowest BCUT2D eigenvalue weighted by molar-refractivity contribution is 0.191. The molecule has 1 saturated heterocycles. The maximum absolute atomic E-state index is 6.02. The lowest BCUT2D eigenvalue weighted by Gasteiger charge is -2.29.